The number of carbonyl (C=O) groups is 3. The van der Waals surface area contributed by atoms with E-state index < -0.39 is 12.0 Å². The van der Waals surface area contributed by atoms with Crippen molar-refractivity contribution in [3.8, 4) is 0 Å². The second kappa shape index (κ2) is 32.8. The Morgan fingerprint density at radius 2 is 0.977 bits per heavy atom. The zero-order chi connectivity index (χ0) is 32.5. The van der Waals surface area contributed by atoms with Crippen molar-refractivity contribution in [2.45, 2.75) is 212 Å². The third-order valence-corrected chi connectivity index (χ3v) is 8.67. The fourth-order valence-corrected chi connectivity index (χ4v) is 5.80. The van der Waals surface area contributed by atoms with Gasteiger partial charge >= 0.3 is 11.9 Å². The highest BCUT2D eigenvalue weighted by molar-refractivity contribution is 5.83. The third-order valence-electron chi connectivity index (χ3n) is 8.67. The first-order valence-corrected chi connectivity index (χ1v) is 18.9. The van der Waals surface area contributed by atoms with Crippen LogP contribution in [-0.2, 0) is 19.1 Å². The topological polar surface area (TPSA) is 119 Å². The van der Waals surface area contributed by atoms with E-state index in [9.17, 15) is 19.5 Å². The minimum Gasteiger partial charge on any atom is -0.480 e. The summed E-state index contributed by atoms with van der Waals surface area (Å²) < 4.78 is 5.93. The summed E-state index contributed by atoms with van der Waals surface area (Å²) in [4.78, 5) is 36.0. The Kier molecular flexibility index (Phi) is 31.5. The molecular weight excluding hydrogens is 552 g/mol. The molecule has 1 amide bonds. The molecule has 0 fully saturated rings. The highest BCUT2D eigenvalue weighted by Gasteiger charge is 2.19. The Labute approximate surface area is 271 Å². The molecule has 0 aliphatic heterocycles. The molecule has 0 aliphatic rings. The van der Waals surface area contributed by atoms with Crippen LogP contribution in [0, 0.1) is 0 Å². The summed E-state index contributed by atoms with van der Waals surface area (Å²) in [6, 6.07) is -0.858. The van der Waals surface area contributed by atoms with Crippen LogP contribution in [0.2, 0.25) is 0 Å². The molecule has 0 rings (SSSR count). The molecule has 260 valence electrons. The van der Waals surface area contributed by atoms with Crippen molar-refractivity contribution in [2.24, 2.45) is 5.73 Å². The lowest BCUT2D eigenvalue weighted by Gasteiger charge is -2.18. The zero-order valence-electron chi connectivity index (χ0n) is 29.0. The van der Waals surface area contributed by atoms with Gasteiger partial charge in [0.2, 0.25) is 5.91 Å². The minimum atomic E-state index is -1.01. The maximum Gasteiger partial charge on any atom is 0.326 e. The number of amides is 1. The molecule has 7 nitrogen and oxygen atoms in total. The van der Waals surface area contributed by atoms with E-state index in [0.29, 0.717) is 32.2 Å². The van der Waals surface area contributed by atoms with Crippen LogP contribution in [0.4, 0.5) is 0 Å². The van der Waals surface area contributed by atoms with E-state index in [2.05, 4.69) is 19.2 Å². The van der Waals surface area contributed by atoms with Crippen LogP contribution >= 0.6 is 0 Å². The largest absolute Gasteiger partial charge is 0.480 e. The van der Waals surface area contributed by atoms with Crippen molar-refractivity contribution in [3.05, 3.63) is 0 Å². The van der Waals surface area contributed by atoms with Crippen molar-refractivity contribution < 1.29 is 24.2 Å². The van der Waals surface area contributed by atoms with Crippen molar-refractivity contribution in [3.63, 3.8) is 0 Å². The highest BCUT2D eigenvalue weighted by Crippen LogP contribution is 2.18. The smallest absolute Gasteiger partial charge is 0.326 e. The van der Waals surface area contributed by atoms with Gasteiger partial charge in [0.25, 0.3) is 0 Å². The van der Waals surface area contributed by atoms with Gasteiger partial charge in [-0.05, 0) is 57.9 Å². The first kappa shape index (κ1) is 42.4. The highest BCUT2D eigenvalue weighted by atomic mass is 16.5. The molecule has 0 spiro atoms. The summed E-state index contributed by atoms with van der Waals surface area (Å²) >= 11 is 0. The number of rotatable bonds is 34. The Bertz CT molecular complexity index is 672. The Morgan fingerprint density at radius 1 is 0.568 bits per heavy atom. The van der Waals surface area contributed by atoms with Gasteiger partial charge < -0.3 is 20.9 Å². The number of carboxylic acid groups (broad SMARTS) is 1. The van der Waals surface area contributed by atoms with Crippen molar-refractivity contribution in [2.75, 3.05) is 6.54 Å². The first-order valence-electron chi connectivity index (χ1n) is 18.9. The minimum absolute atomic E-state index is 0.00198. The van der Waals surface area contributed by atoms with Gasteiger partial charge in [-0.25, -0.2) is 4.79 Å². The van der Waals surface area contributed by atoms with Gasteiger partial charge in [0.15, 0.2) is 0 Å². The molecule has 0 aliphatic carbocycles. The summed E-state index contributed by atoms with van der Waals surface area (Å²) in [5, 5.41) is 11.9. The molecule has 0 saturated heterocycles. The van der Waals surface area contributed by atoms with E-state index in [1.54, 1.807) is 0 Å². The maximum atomic E-state index is 12.6. The van der Waals surface area contributed by atoms with Crippen LogP contribution in [0.5, 0.6) is 0 Å². The molecule has 0 bridgehead atoms. The summed E-state index contributed by atoms with van der Waals surface area (Å²) in [5.41, 5.74) is 5.46. The van der Waals surface area contributed by atoms with Crippen LogP contribution in [0.3, 0.4) is 0 Å². The first-order chi connectivity index (χ1) is 21.4. The Hall–Kier alpha value is -1.63. The number of hydrogen-bond acceptors (Lipinski definition) is 5. The van der Waals surface area contributed by atoms with E-state index >= 15 is 0 Å². The molecule has 0 aromatic heterocycles. The molecular formula is C37H72N2O5. The number of aliphatic carboxylic acids is 1. The predicted octanol–water partition coefficient (Wildman–Crippen LogP) is 9.78. The monoisotopic (exact) mass is 625 g/mol. The number of nitrogens with two attached hydrogens (primary N) is 1. The SMILES string of the molecule is CCCCCCCCCCCCCCCCCC(=O)OC(CCCCCC)CCCCCCC(=O)NC(CCCN)C(=O)O. The zero-order valence-corrected chi connectivity index (χ0v) is 29.0. The summed E-state index contributed by atoms with van der Waals surface area (Å²) in [7, 11) is 0. The normalized spacial score (nSPS) is 12.6. The molecule has 44 heavy (non-hydrogen) atoms. The number of carbonyl (C=O) groups excluding carboxylic acids is 2. The lowest BCUT2D eigenvalue weighted by atomic mass is 10.0. The van der Waals surface area contributed by atoms with Gasteiger partial charge in [-0.1, -0.05) is 136 Å². The van der Waals surface area contributed by atoms with Crippen molar-refractivity contribution in [1.82, 2.24) is 5.32 Å². The van der Waals surface area contributed by atoms with E-state index in [-0.39, 0.29) is 18.0 Å². The second-order valence-electron chi connectivity index (χ2n) is 13.0. The van der Waals surface area contributed by atoms with Gasteiger partial charge in [-0.2, -0.15) is 0 Å². The van der Waals surface area contributed by atoms with Crippen LogP contribution in [0.15, 0.2) is 0 Å². The third kappa shape index (κ3) is 29.1. The van der Waals surface area contributed by atoms with Gasteiger partial charge in [0.05, 0.1) is 0 Å². The number of ether oxygens (including phenoxy) is 1. The fourth-order valence-electron chi connectivity index (χ4n) is 5.80. The Balaban J connectivity index is 4.00. The van der Waals surface area contributed by atoms with Gasteiger partial charge in [0.1, 0.15) is 12.1 Å². The molecule has 4 N–H and O–H groups in total. The molecule has 0 radical (unpaired) electrons. The van der Waals surface area contributed by atoms with E-state index in [1.807, 2.05) is 0 Å². The molecule has 7 heteroatoms. The van der Waals surface area contributed by atoms with Gasteiger partial charge in [0, 0.05) is 12.8 Å². The number of hydrogen-bond donors (Lipinski definition) is 3. The van der Waals surface area contributed by atoms with Crippen molar-refractivity contribution in [1.29, 1.82) is 0 Å². The van der Waals surface area contributed by atoms with Crippen LogP contribution in [0.25, 0.3) is 0 Å². The Morgan fingerprint density at radius 3 is 1.43 bits per heavy atom. The van der Waals surface area contributed by atoms with Crippen molar-refractivity contribution >= 4 is 17.8 Å². The molecule has 2 unspecified atom stereocenters. The van der Waals surface area contributed by atoms with Gasteiger partial charge in [-0.3, -0.25) is 9.59 Å². The summed E-state index contributed by atoms with van der Waals surface area (Å²) in [5.74, 6) is -1.26. The number of unbranched alkanes of at least 4 members (excludes halogenated alkanes) is 20. The average molecular weight is 625 g/mol. The molecule has 0 saturated carbocycles. The molecule has 0 heterocycles. The number of carboxylic acids is 1. The van der Waals surface area contributed by atoms with Crippen LogP contribution in [0.1, 0.15) is 200 Å². The molecule has 0 aromatic rings. The van der Waals surface area contributed by atoms with E-state index in [0.717, 1.165) is 57.8 Å². The number of esters is 1. The maximum absolute atomic E-state index is 12.6. The lowest BCUT2D eigenvalue weighted by molar-refractivity contribution is -0.150. The number of nitrogens with one attached hydrogen (secondary N) is 1. The predicted molar refractivity (Wildman–Crippen MR) is 184 cm³/mol. The van der Waals surface area contributed by atoms with E-state index in [4.69, 9.17) is 10.5 Å². The quantitative estimate of drug-likeness (QED) is 0.0484. The fraction of sp³-hybridized carbons (Fsp3) is 0.919. The second-order valence-corrected chi connectivity index (χ2v) is 13.0. The van der Waals surface area contributed by atoms with E-state index in [1.165, 1.54) is 103 Å². The standard InChI is InChI=1S/C37H72N2O5/c1-3-5-7-9-10-11-12-13-14-15-16-17-18-19-25-31-36(41)44-33(27-22-8-6-4-2)28-23-20-21-24-30-35(40)39-34(37(42)43)29-26-32-38/h33-34H,3-32,38H2,1-2H3,(H,39,40)(H,42,43). The summed E-state index contributed by atoms with van der Waals surface area (Å²) in [6.07, 6.45) is 31.6. The molecule has 2 atom stereocenters. The van der Waals surface area contributed by atoms with Gasteiger partial charge in [-0.15, -0.1) is 0 Å². The summed E-state index contributed by atoms with van der Waals surface area (Å²) in [6.45, 7) is 4.89. The average Bonchev–Trinajstić information content (AvgIpc) is 3.00. The van der Waals surface area contributed by atoms with Crippen LogP contribution in [-0.4, -0.2) is 41.6 Å². The molecule has 0 aromatic carbocycles. The van der Waals surface area contributed by atoms with Crippen LogP contribution < -0.4 is 11.1 Å². The lowest BCUT2D eigenvalue weighted by Crippen LogP contribution is -2.40.